The molecule has 0 amide bonds. The molecule has 1 fully saturated rings. The monoisotopic (exact) mass is 490 g/mol. The number of halogens is 3. The molecule has 1 atom stereocenters. The van der Waals surface area contributed by atoms with Crippen molar-refractivity contribution in [1.82, 2.24) is 0 Å². The van der Waals surface area contributed by atoms with E-state index in [-0.39, 0.29) is 51.4 Å². The average Bonchev–Trinajstić information content (AvgIpc) is 2.82. The molecule has 1 saturated heterocycles. The highest BCUT2D eigenvalue weighted by molar-refractivity contribution is 6.08. The summed E-state index contributed by atoms with van der Waals surface area (Å²) >= 11 is 0. The number of alkyl halides is 3. The van der Waals surface area contributed by atoms with Crippen LogP contribution in [0.3, 0.4) is 0 Å². The lowest BCUT2D eigenvalue weighted by atomic mass is 9.92. The third-order valence-corrected chi connectivity index (χ3v) is 6.00. The number of ketones is 1. The lowest BCUT2D eigenvalue weighted by Crippen LogP contribution is -2.45. The maximum atomic E-state index is 14.2. The van der Waals surface area contributed by atoms with Crippen LogP contribution in [0.4, 0.5) is 18.9 Å². The van der Waals surface area contributed by atoms with Gasteiger partial charge in [0.25, 0.3) is 0 Å². The summed E-state index contributed by atoms with van der Waals surface area (Å²) in [5.41, 5.74) is -1.46. The van der Waals surface area contributed by atoms with E-state index < -0.39 is 23.1 Å². The first kappa shape index (κ1) is 26.7. The number of fused-ring (bicyclic) bond motifs is 1. The fraction of sp³-hybridized carbons (Fsp3) is 0.462. The Morgan fingerprint density at radius 3 is 2.51 bits per heavy atom. The largest absolute Gasteiger partial charge is 0.418 e. The summed E-state index contributed by atoms with van der Waals surface area (Å²) in [6.45, 7) is 3.60. The fourth-order valence-electron chi connectivity index (χ4n) is 4.09. The zero-order chi connectivity index (χ0) is 25.4. The molecule has 6 nitrogen and oxygen atoms in total. The SMILES string of the molecule is CC1CCN1c1cccc2ccc(/C(=C(\C#N)C(=O)CCCOCCOCCO)C(F)(F)F)cc12. The predicted octanol–water partition coefficient (Wildman–Crippen LogP) is 4.65. The van der Waals surface area contributed by atoms with Gasteiger partial charge in [-0.2, -0.15) is 18.4 Å². The molecule has 1 aliphatic heterocycles. The number of rotatable bonds is 12. The topological polar surface area (TPSA) is 82.8 Å². The molecule has 0 saturated carbocycles. The van der Waals surface area contributed by atoms with Crippen LogP contribution in [0, 0.1) is 11.3 Å². The zero-order valence-corrected chi connectivity index (χ0v) is 19.6. The van der Waals surface area contributed by atoms with Crippen molar-refractivity contribution in [3.63, 3.8) is 0 Å². The number of nitrogens with zero attached hydrogens (tertiary/aromatic N) is 2. The van der Waals surface area contributed by atoms with Crippen LogP contribution < -0.4 is 4.90 Å². The normalized spacial score (nSPS) is 16.6. The molecular formula is C26H29F3N2O4. The minimum atomic E-state index is -4.88. The van der Waals surface area contributed by atoms with E-state index >= 15 is 0 Å². The Kier molecular flexibility index (Phi) is 9.26. The molecule has 0 bridgehead atoms. The van der Waals surface area contributed by atoms with Crippen molar-refractivity contribution in [1.29, 1.82) is 5.26 Å². The van der Waals surface area contributed by atoms with Crippen LogP contribution in [0.15, 0.2) is 42.0 Å². The highest BCUT2D eigenvalue weighted by atomic mass is 19.4. The van der Waals surface area contributed by atoms with Gasteiger partial charge in [-0.05, 0) is 42.8 Å². The molecular weight excluding hydrogens is 461 g/mol. The highest BCUT2D eigenvalue weighted by Gasteiger charge is 2.39. The predicted molar refractivity (Wildman–Crippen MR) is 127 cm³/mol. The Hall–Kier alpha value is -2.93. The molecule has 2 aromatic rings. The molecule has 0 spiro atoms. The zero-order valence-electron chi connectivity index (χ0n) is 19.6. The molecule has 3 rings (SSSR count). The number of benzene rings is 2. The van der Waals surface area contributed by atoms with Crippen molar-refractivity contribution in [2.24, 2.45) is 0 Å². The Morgan fingerprint density at radius 2 is 1.91 bits per heavy atom. The molecule has 1 N–H and O–H groups in total. The fourth-order valence-corrected chi connectivity index (χ4v) is 4.09. The van der Waals surface area contributed by atoms with Crippen molar-refractivity contribution in [3.8, 4) is 6.07 Å². The number of hydrogen-bond donors (Lipinski definition) is 1. The van der Waals surface area contributed by atoms with Crippen LogP contribution in [0.5, 0.6) is 0 Å². The van der Waals surface area contributed by atoms with E-state index in [1.165, 1.54) is 18.2 Å². The first-order valence-electron chi connectivity index (χ1n) is 11.6. The summed E-state index contributed by atoms with van der Waals surface area (Å²) in [5.74, 6) is -0.871. The first-order chi connectivity index (χ1) is 16.8. The molecule has 0 aromatic heterocycles. The number of hydrogen-bond acceptors (Lipinski definition) is 6. The van der Waals surface area contributed by atoms with Gasteiger partial charge >= 0.3 is 6.18 Å². The number of carbonyl (C=O) groups is 1. The number of allylic oxidation sites excluding steroid dienone is 2. The summed E-state index contributed by atoms with van der Waals surface area (Å²) in [7, 11) is 0. The van der Waals surface area contributed by atoms with Gasteiger partial charge in [-0.15, -0.1) is 0 Å². The summed E-state index contributed by atoms with van der Waals surface area (Å²) in [6, 6.07) is 11.7. The van der Waals surface area contributed by atoms with E-state index in [4.69, 9.17) is 14.6 Å². The van der Waals surface area contributed by atoms with Crippen LogP contribution in [-0.4, -0.2) is 62.7 Å². The van der Waals surface area contributed by atoms with Gasteiger partial charge in [0.15, 0.2) is 5.78 Å². The van der Waals surface area contributed by atoms with Gasteiger partial charge in [-0.1, -0.05) is 24.3 Å². The standard InChI is InChI=1S/C26H29F3N2O4/c1-18-9-10-31(18)23-5-2-4-19-7-8-20(16-21(19)23)25(26(27,28)29)22(17-30)24(33)6-3-12-34-14-15-35-13-11-32/h2,4-5,7-8,16,18,32H,3,6,9-15H2,1H3/b25-22-. The van der Waals surface area contributed by atoms with E-state index in [2.05, 4.69) is 11.8 Å². The van der Waals surface area contributed by atoms with Crippen LogP contribution in [0.1, 0.15) is 31.7 Å². The van der Waals surface area contributed by atoms with Gasteiger partial charge in [-0.25, -0.2) is 0 Å². The van der Waals surface area contributed by atoms with Crippen LogP contribution in [-0.2, 0) is 14.3 Å². The van der Waals surface area contributed by atoms with Gasteiger partial charge in [0.2, 0.25) is 0 Å². The third-order valence-electron chi connectivity index (χ3n) is 6.00. The van der Waals surface area contributed by atoms with E-state index in [1.807, 2.05) is 18.2 Å². The number of Topliss-reactive ketones (excluding diaryl/α,β-unsaturated/α-hetero) is 1. The minimum Gasteiger partial charge on any atom is -0.394 e. The van der Waals surface area contributed by atoms with Crippen LogP contribution in [0.25, 0.3) is 16.3 Å². The lowest BCUT2D eigenvalue weighted by Gasteiger charge is -2.41. The first-order valence-corrected chi connectivity index (χ1v) is 11.6. The Labute approximate surface area is 202 Å². The summed E-state index contributed by atoms with van der Waals surface area (Å²) in [5, 5.41) is 19.6. The lowest BCUT2D eigenvalue weighted by molar-refractivity contribution is -0.116. The summed E-state index contributed by atoms with van der Waals surface area (Å²) in [4.78, 5) is 14.8. The minimum absolute atomic E-state index is 0.102. The van der Waals surface area contributed by atoms with Crippen LogP contribution in [0.2, 0.25) is 0 Å². The number of carbonyl (C=O) groups excluding carboxylic acids is 1. The summed E-state index contributed by atoms with van der Waals surface area (Å²) < 4.78 is 52.8. The second-order valence-electron chi connectivity index (χ2n) is 8.38. The van der Waals surface area contributed by atoms with Gasteiger partial charge in [0.05, 0.1) is 32.0 Å². The van der Waals surface area contributed by atoms with Crippen molar-refractivity contribution in [2.45, 2.75) is 38.4 Å². The van der Waals surface area contributed by atoms with E-state index in [0.29, 0.717) is 11.4 Å². The number of nitriles is 1. The maximum absolute atomic E-state index is 14.2. The highest BCUT2D eigenvalue weighted by Crippen LogP contribution is 2.40. The molecule has 2 aromatic carbocycles. The van der Waals surface area contributed by atoms with E-state index in [9.17, 15) is 23.2 Å². The third kappa shape index (κ3) is 6.60. The molecule has 188 valence electrons. The smallest absolute Gasteiger partial charge is 0.394 e. The number of aliphatic hydroxyl groups is 1. The van der Waals surface area contributed by atoms with E-state index in [0.717, 1.165) is 24.0 Å². The van der Waals surface area contributed by atoms with Crippen LogP contribution >= 0.6 is 0 Å². The van der Waals surface area contributed by atoms with Crippen molar-refractivity contribution in [2.75, 3.05) is 44.5 Å². The second-order valence-corrected chi connectivity index (χ2v) is 8.38. The molecule has 1 heterocycles. The number of anilines is 1. The van der Waals surface area contributed by atoms with Crippen molar-refractivity contribution in [3.05, 3.63) is 47.5 Å². The van der Waals surface area contributed by atoms with Gasteiger partial charge in [0, 0.05) is 36.7 Å². The van der Waals surface area contributed by atoms with Gasteiger partial charge in [-0.3, -0.25) is 4.79 Å². The number of ether oxygens (including phenoxy) is 2. The second kappa shape index (κ2) is 12.2. The van der Waals surface area contributed by atoms with E-state index in [1.54, 1.807) is 6.07 Å². The van der Waals surface area contributed by atoms with Gasteiger partial charge in [0.1, 0.15) is 11.6 Å². The quantitative estimate of drug-likeness (QED) is 0.265. The molecule has 35 heavy (non-hydrogen) atoms. The molecule has 0 aliphatic carbocycles. The van der Waals surface area contributed by atoms with Gasteiger partial charge < -0.3 is 19.5 Å². The molecule has 0 radical (unpaired) electrons. The maximum Gasteiger partial charge on any atom is 0.418 e. The summed E-state index contributed by atoms with van der Waals surface area (Å²) in [6.07, 6.45) is -3.95. The number of aliphatic hydroxyl groups excluding tert-OH is 1. The van der Waals surface area contributed by atoms with Crippen molar-refractivity contribution >= 4 is 27.8 Å². The molecule has 1 aliphatic rings. The Balaban J connectivity index is 1.84. The Bertz CT molecular complexity index is 1110. The molecule has 1 unspecified atom stereocenters. The average molecular weight is 491 g/mol. The Morgan fingerprint density at radius 1 is 1.17 bits per heavy atom. The molecule has 9 heteroatoms. The van der Waals surface area contributed by atoms with Crippen molar-refractivity contribution < 1.29 is 32.5 Å².